The van der Waals surface area contributed by atoms with E-state index in [4.69, 9.17) is 22.1 Å². The van der Waals surface area contributed by atoms with Crippen molar-refractivity contribution in [1.29, 1.82) is 10.5 Å². The summed E-state index contributed by atoms with van der Waals surface area (Å²) in [7, 11) is 0. The van der Waals surface area contributed by atoms with Crippen molar-refractivity contribution in [2.24, 2.45) is 9.98 Å². The van der Waals surface area contributed by atoms with Crippen molar-refractivity contribution in [3.63, 3.8) is 0 Å². The summed E-state index contributed by atoms with van der Waals surface area (Å²) in [4.78, 5) is 7.11. The van der Waals surface area contributed by atoms with E-state index >= 15 is 0 Å². The van der Waals surface area contributed by atoms with Crippen LogP contribution in [-0.2, 0) is 0 Å². The molecule has 1 heterocycles. The normalized spacial score (nSPS) is 17.1. The van der Waals surface area contributed by atoms with E-state index in [1.807, 2.05) is 0 Å². The highest BCUT2D eigenvalue weighted by atomic mass is 35.5. The smallest absolute Gasteiger partial charge is 0.217 e. The van der Waals surface area contributed by atoms with Crippen molar-refractivity contribution >= 4 is 23.0 Å². The van der Waals surface area contributed by atoms with Crippen molar-refractivity contribution in [2.45, 2.75) is 5.62 Å². The van der Waals surface area contributed by atoms with Crippen LogP contribution in [0.25, 0.3) is 0 Å². The van der Waals surface area contributed by atoms with Crippen LogP contribution in [-0.4, -0.2) is 17.0 Å². The maximum atomic E-state index is 8.31. The molecule has 0 aliphatic carbocycles. The highest BCUT2D eigenvalue weighted by Crippen LogP contribution is 2.08. The van der Waals surface area contributed by atoms with Gasteiger partial charge < -0.3 is 0 Å². The third-order valence-corrected chi connectivity index (χ3v) is 1.10. The molecule has 10 heavy (non-hydrogen) atoms. The van der Waals surface area contributed by atoms with E-state index in [0.29, 0.717) is 0 Å². The molecule has 48 valence electrons. The average molecular weight is 153 g/mol. The molecule has 4 nitrogen and oxygen atoms in total. The van der Waals surface area contributed by atoms with Gasteiger partial charge in [0.25, 0.3) is 0 Å². The molecule has 0 aromatic carbocycles. The van der Waals surface area contributed by atoms with Gasteiger partial charge in [-0.05, 0) is 0 Å². The molecule has 1 aliphatic rings. The van der Waals surface area contributed by atoms with E-state index < -0.39 is 5.62 Å². The van der Waals surface area contributed by atoms with Gasteiger partial charge in [0.2, 0.25) is 5.62 Å². The molecule has 1 aliphatic heterocycles. The molecule has 0 saturated heterocycles. The van der Waals surface area contributed by atoms with Gasteiger partial charge in [-0.2, -0.15) is 10.5 Å². The van der Waals surface area contributed by atoms with Gasteiger partial charge >= 0.3 is 0 Å². The summed E-state index contributed by atoms with van der Waals surface area (Å²) in [6.45, 7) is 0. The van der Waals surface area contributed by atoms with Crippen LogP contribution >= 0.6 is 11.6 Å². The van der Waals surface area contributed by atoms with Crippen molar-refractivity contribution < 1.29 is 0 Å². The summed E-state index contributed by atoms with van der Waals surface area (Å²) in [5.41, 5.74) is -0.755. The maximum absolute atomic E-state index is 8.31. The standard InChI is InChI=1S/C5HClN4/c6-5-9-3(1-7)4(2-8)10-5/h5H. The first kappa shape index (κ1) is 6.73. The summed E-state index contributed by atoms with van der Waals surface area (Å²) in [6.07, 6.45) is 0. The summed E-state index contributed by atoms with van der Waals surface area (Å²) in [5, 5.41) is 16.6. The minimum absolute atomic E-state index is 0.0162. The monoisotopic (exact) mass is 152 g/mol. The van der Waals surface area contributed by atoms with Gasteiger partial charge in [0.1, 0.15) is 12.1 Å². The number of aliphatic imine (C=N–C) groups is 2. The Labute approximate surface area is 62.1 Å². The van der Waals surface area contributed by atoms with Crippen molar-refractivity contribution in [2.75, 3.05) is 0 Å². The molecule has 0 bridgehead atoms. The SMILES string of the molecule is N#CC1=NC(Cl)N=C1C#N. The number of hydrogen-bond donors (Lipinski definition) is 0. The van der Waals surface area contributed by atoms with Crippen LogP contribution < -0.4 is 0 Å². The Morgan fingerprint density at radius 2 is 1.60 bits per heavy atom. The molecule has 0 atom stereocenters. The fourth-order valence-electron chi connectivity index (χ4n) is 0.528. The molecule has 0 N–H and O–H groups in total. The second-order valence-corrected chi connectivity index (χ2v) is 1.88. The van der Waals surface area contributed by atoms with Crippen LogP contribution in [0, 0.1) is 22.7 Å². The van der Waals surface area contributed by atoms with Crippen molar-refractivity contribution in [1.82, 2.24) is 0 Å². The van der Waals surface area contributed by atoms with E-state index in [1.165, 1.54) is 0 Å². The van der Waals surface area contributed by atoms with Gasteiger partial charge in [0.15, 0.2) is 11.4 Å². The second-order valence-electron chi connectivity index (χ2n) is 1.49. The Morgan fingerprint density at radius 3 is 1.90 bits per heavy atom. The molecule has 0 amide bonds. The van der Waals surface area contributed by atoms with Crippen LogP contribution in [0.4, 0.5) is 0 Å². The fraction of sp³-hybridized carbons (Fsp3) is 0.200. The maximum Gasteiger partial charge on any atom is 0.217 e. The Bertz CT molecular complexity index is 260. The topological polar surface area (TPSA) is 72.3 Å². The first-order valence-corrected chi connectivity index (χ1v) is 2.82. The zero-order valence-corrected chi connectivity index (χ0v) is 5.50. The summed E-state index contributed by atoms with van der Waals surface area (Å²) >= 11 is 5.38. The molecular weight excluding hydrogens is 152 g/mol. The average Bonchev–Trinajstić information content (AvgIpc) is 2.30. The lowest BCUT2D eigenvalue weighted by atomic mass is 10.3. The third kappa shape index (κ3) is 0.975. The Balaban J connectivity index is 3.00. The zero-order valence-electron chi connectivity index (χ0n) is 4.74. The van der Waals surface area contributed by atoms with Crippen molar-refractivity contribution in [3.8, 4) is 12.1 Å². The van der Waals surface area contributed by atoms with E-state index in [2.05, 4.69) is 9.98 Å². The molecular formula is C5HClN4. The van der Waals surface area contributed by atoms with Crippen LogP contribution in [0.15, 0.2) is 9.98 Å². The van der Waals surface area contributed by atoms with Gasteiger partial charge in [-0.1, -0.05) is 11.6 Å². The minimum Gasteiger partial charge on any atom is -0.229 e. The van der Waals surface area contributed by atoms with E-state index in [1.54, 1.807) is 12.1 Å². The number of alkyl halides is 1. The first-order valence-electron chi connectivity index (χ1n) is 2.38. The molecule has 0 unspecified atom stereocenters. The molecule has 0 saturated carbocycles. The van der Waals surface area contributed by atoms with Gasteiger partial charge in [0, 0.05) is 0 Å². The number of halogens is 1. The van der Waals surface area contributed by atoms with Gasteiger partial charge in [0.05, 0.1) is 0 Å². The zero-order chi connectivity index (χ0) is 7.56. The van der Waals surface area contributed by atoms with Gasteiger partial charge in [-0.3, -0.25) is 0 Å². The van der Waals surface area contributed by atoms with E-state index in [-0.39, 0.29) is 11.4 Å². The molecule has 5 heteroatoms. The molecule has 0 radical (unpaired) electrons. The molecule has 0 fully saturated rings. The second kappa shape index (κ2) is 2.47. The van der Waals surface area contributed by atoms with Crippen LogP contribution in [0.2, 0.25) is 0 Å². The number of hydrogen-bond acceptors (Lipinski definition) is 4. The van der Waals surface area contributed by atoms with Gasteiger partial charge in [-0.15, -0.1) is 0 Å². The highest BCUT2D eigenvalue weighted by molar-refractivity contribution is 6.55. The first-order chi connectivity index (χ1) is 4.77. The summed E-state index contributed by atoms with van der Waals surface area (Å²) in [6, 6.07) is 3.42. The Morgan fingerprint density at radius 1 is 1.20 bits per heavy atom. The summed E-state index contributed by atoms with van der Waals surface area (Å²) < 4.78 is 0. The number of rotatable bonds is 0. The summed E-state index contributed by atoms with van der Waals surface area (Å²) in [5.74, 6) is 0. The van der Waals surface area contributed by atoms with Crippen LogP contribution in [0.1, 0.15) is 0 Å². The van der Waals surface area contributed by atoms with Gasteiger partial charge in [-0.25, -0.2) is 9.98 Å². The molecule has 0 aromatic rings. The number of nitrogens with zero attached hydrogens (tertiary/aromatic N) is 4. The Kier molecular flexibility index (Phi) is 1.66. The quantitative estimate of drug-likeness (QED) is 0.374. The third-order valence-electron chi connectivity index (χ3n) is 0.907. The van der Waals surface area contributed by atoms with E-state index in [9.17, 15) is 0 Å². The molecule has 0 aromatic heterocycles. The van der Waals surface area contributed by atoms with E-state index in [0.717, 1.165) is 0 Å². The van der Waals surface area contributed by atoms with Crippen LogP contribution in [0.5, 0.6) is 0 Å². The van der Waals surface area contributed by atoms with Crippen molar-refractivity contribution in [3.05, 3.63) is 0 Å². The van der Waals surface area contributed by atoms with Crippen LogP contribution in [0.3, 0.4) is 0 Å². The lowest BCUT2D eigenvalue weighted by Crippen LogP contribution is -2.04. The fourth-order valence-corrected chi connectivity index (χ4v) is 0.723. The predicted molar refractivity (Wildman–Crippen MR) is 35.7 cm³/mol. The lowest BCUT2D eigenvalue weighted by Gasteiger charge is -1.81. The lowest BCUT2D eigenvalue weighted by molar-refractivity contribution is 1.00. The molecule has 1 rings (SSSR count). The largest absolute Gasteiger partial charge is 0.229 e. The predicted octanol–water partition coefficient (Wildman–Crippen LogP) is 0.452. The minimum atomic E-state index is -0.788. The highest BCUT2D eigenvalue weighted by Gasteiger charge is 2.17. The molecule has 0 spiro atoms. The Hall–Kier alpha value is -1.39. The number of nitriles is 2.